The van der Waals surface area contributed by atoms with Gasteiger partial charge in [0, 0.05) is 13.1 Å². The van der Waals surface area contributed by atoms with E-state index >= 15 is 0 Å². The van der Waals surface area contributed by atoms with Crippen LogP contribution in [0.15, 0.2) is 24.3 Å². The minimum Gasteiger partial charge on any atom is -0.397 e. The van der Waals surface area contributed by atoms with Gasteiger partial charge in [-0.1, -0.05) is 38.8 Å². The number of nitrogen functional groups attached to an aromatic ring is 1. The van der Waals surface area contributed by atoms with E-state index in [0.29, 0.717) is 0 Å². The molecule has 2 nitrogen and oxygen atoms in total. The average molecular weight is 220 g/mol. The zero-order chi connectivity index (χ0) is 12.0. The third-order valence-corrected chi connectivity index (χ3v) is 3.29. The predicted octanol–water partition coefficient (Wildman–Crippen LogP) is 3.53. The molecule has 0 fully saturated rings. The van der Waals surface area contributed by atoms with Gasteiger partial charge in [-0.25, -0.2) is 0 Å². The van der Waals surface area contributed by atoms with Crippen LogP contribution in [0, 0.1) is 5.92 Å². The molecular formula is C14H24N2. The fourth-order valence-electron chi connectivity index (χ4n) is 2.03. The Hall–Kier alpha value is -1.18. The number of anilines is 2. The van der Waals surface area contributed by atoms with Gasteiger partial charge in [0.05, 0.1) is 11.4 Å². The topological polar surface area (TPSA) is 29.3 Å². The molecule has 0 bridgehead atoms. The third-order valence-electron chi connectivity index (χ3n) is 3.29. The molecule has 2 N–H and O–H groups in total. The molecule has 2 heteroatoms. The number of nitrogens with two attached hydrogens (primary N) is 1. The maximum atomic E-state index is 6.01. The summed E-state index contributed by atoms with van der Waals surface area (Å²) >= 11 is 0. The van der Waals surface area contributed by atoms with Crippen molar-refractivity contribution >= 4 is 11.4 Å². The number of nitrogens with zero attached hydrogens (tertiary/aromatic N) is 1. The lowest BCUT2D eigenvalue weighted by molar-refractivity contribution is 0.486. The number of para-hydroxylation sites is 2. The summed E-state index contributed by atoms with van der Waals surface area (Å²) in [5, 5.41) is 0. The van der Waals surface area contributed by atoms with E-state index < -0.39 is 0 Å². The number of hydrogen-bond donors (Lipinski definition) is 1. The number of rotatable bonds is 6. The van der Waals surface area contributed by atoms with Gasteiger partial charge in [0.2, 0.25) is 0 Å². The van der Waals surface area contributed by atoms with Crippen LogP contribution in [0.1, 0.15) is 33.6 Å². The van der Waals surface area contributed by atoms with E-state index in [2.05, 4.69) is 37.8 Å². The quantitative estimate of drug-likeness (QED) is 0.743. The van der Waals surface area contributed by atoms with Crippen molar-refractivity contribution in [1.29, 1.82) is 0 Å². The van der Waals surface area contributed by atoms with Crippen molar-refractivity contribution < 1.29 is 0 Å². The molecule has 16 heavy (non-hydrogen) atoms. The van der Waals surface area contributed by atoms with E-state index in [9.17, 15) is 0 Å². The third kappa shape index (κ3) is 3.16. The zero-order valence-electron chi connectivity index (χ0n) is 10.7. The maximum Gasteiger partial charge on any atom is 0.0599 e. The van der Waals surface area contributed by atoms with Crippen LogP contribution in [-0.2, 0) is 0 Å². The Morgan fingerprint density at radius 2 is 1.75 bits per heavy atom. The summed E-state index contributed by atoms with van der Waals surface area (Å²) in [6, 6.07) is 8.14. The molecule has 0 aromatic heterocycles. The Morgan fingerprint density at radius 3 is 2.25 bits per heavy atom. The van der Waals surface area contributed by atoms with Gasteiger partial charge in [-0.15, -0.1) is 0 Å². The van der Waals surface area contributed by atoms with Crippen LogP contribution in [0.4, 0.5) is 11.4 Å². The molecule has 1 aromatic rings. The average Bonchev–Trinajstić information content (AvgIpc) is 2.32. The second kappa shape index (κ2) is 6.41. The molecule has 0 saturated carbocycles. The lowest BCUT2D eigenvalue weighted by Crippen LogP contribution is -2.29. The van der Waals surface area contributed by atoms with Crippen LogP contribution >= 0.6 is 0 Å². The predicted molar refractivity (Wildman–Crippen MR) is 72.8 cm³/mol. The van der Waals surface area contributed by atoms with Gasteiger partial charge in [0.15, 0.2) is 0 Å². The van der Waals surface area contributed by atoms with Crippen molar-refractivity contribution in [2.75, 3.05) is 23.7 Å². The summed E-state index contributed by atoms with van der Waals surface area (Å²) < 4.78 is 0. The summed E-state index contributed by atoms with van der Waals surface area (Å²) in [7, 11) is 0. The summed E-state index contributed by atoms with van der Waals surface area (Å²) in [6.07, 6.45) is 2.47. The smallest absolute Gasteiger partial charge is 0.0599 e. The minimum absolute atomic E-state index is 0.763. The van der Waals surface area contributed by atoms with Crippen LogP contribution < -0.4 is 10.6 Å². The van der Waals surface area contributed by atoms with E-state index in [1.54, 1.807) is 0 Å². The van der Waals surface area contributed by atoms with E-state index in [1.165, 1.54) is 18.5 Å². The normalized spacial score (nSPS) is 10.8. The summed E-state index contributed by atoms with van der Waals surface area (Å²) in [6.45, 7) is 8.84. The van der Waals surface area contributed by atoms with Crippen LogP contribution in [0.3, 0.4) is 0 Å². The molecule has 0 aliphatic carbocycles. The second-order valence-corrected chi connectivity index (χ2v) is 4.28. The largest absolute Gasteiger partial charge is 0.397 e. The van der Waals surface area contributed by atoms with E-state index in [-0.39, 0.29) is 0 Å². The standard InChI is InChI=1S/C14H24N2/c1-4-12(5-2)11-16(6-3)14-10-8-7-9-13(14)15/h7-10,12H,4-6,11,15H2,1-3H3. The second-order valence-electron chi connectivity index (χ2n) is 4.28. The van der Waals surface area contributed by atoms with Crippen molar-refractivity contribution in [1.82, 2.24) is 0 Å². The molecule has 0 heterocycles. The Morgan fingerprint density at radius 1 is 1.12 bits per heavy atom. The summed E-state index contributed by atoms with van der Waals surface area (Å²) in [4.78, 5) is 2.38. The molecule has 90 valence electrons. The van der Waals surface area contributed by atoms with Gasteiger partial charge in [-0.3, -0.25) is 0 Å². The number of hydrogen-bond acceptors (Lipinski definition) is 2. The monoisotopic (exact) mass is 220 g/mol. The lowest BCUT2D eigenvalue weighted by atomic mass is 10.0. The SMILES string of the molecule is CCC(CC)CN(CC)c1ccccc1N. The molecule has 0 unspecified atom stereocenters. The van der Waals surface area contributed by atoms with Crippen LogP contribution in [0.5, 0.6) is 0 Å². The Bertz CT molecular complexity index is 305. The first kappa shape index (κ1) is 12.9. The van der Waals surface area contributed by atoms with Crippen molar-refractivity contribution in [3.05, 3.63) is 24.3 Å². The van der Waals surface area contributed by atoms with E-state index in [1.807, 2.05) is 12.1 Å². The molecule has 1 rings (SSSR count). The molecule has 0 spiro atoms. The van der Waals surface area contributed by atoms with Gasteiger partial charge < -0.3 is 10.6 Å². The molecule has 0 aliphatic rings. The van der Waals surface area contributed by atoms with Crippen LogP contribution in [0.25, 0.3) is 0 Å². The maximum absolute atomic E-state index is 6.01. The number of benzene rings is 1. The Labute approximate surface area is 99.5 Å². The van der Waals surface area contributed by atoms with Gasteiger partial charge in [0.1, 0.15) is 0 Å². The Kier molecular flexibility index (Phi) is 5.17. The highest BCUT2D eigenvalue weighted by Crippen LogP contribution is 2.24. The van der Waals surface area contributed by atoms with Gasteiger partial charge in [0.25, 0.3) is 0 Å². The van der Waals surface area contributed by atoms with Crippen LogP contribution in [-0.4, -0.2) is 13.1 Å². The van der Waals surface area contributed by atoms with Crippen molar-refractivity contribution in [3.8, 4) is 0 Å². The first-order chi connectivity index (χ1) is 7.72. The molecule has 1 aromatic carbocycles. The van der Waals surface area contributed by atoms with Crippen molar-refractivity contribution in [2.24, 2.45) is 5.92 Å². The van der Waals surface area contributed by atoms with Crippen molar-refractivity contribution in [3.63, 3.8) is 0 Å². The fraction of sp³-hybridized carbons (Fsp3) is 0.571. The minimum atomic E-state index is 0.763. The van der Waals surface area contributed by atoms with Crippen LogP contribution in [0.2, 0.25) is 0 Å². The summed E-state index contributed by atoms with van der Waals surface area (Å²) in [5.74, 6) is 0.763. The zero-order valence-corrected chi connectivity index (χ0v) is 10.7. The molecule has 0 aliphatic heterocycles. The molecular weight excluding hydrogens is 196 g/mol. The van der Waals surface area contributed by atoms with Crippen molar-refractivity contribution in [2.45, 2.75) is 33.6 Å². The fourth-order valence-corrected chi connectivity index (χ4v) is 2.03. The molecule has 0 saturated heterocycles. The van der Waals surface area contributed by atoms with E-state index in [0.717, 1.165) is 24.7 Å². The molecule has 0 radical (unpaired) electrons. The highest BCUT2D eigenvalue weighted by molar-refractivity contribution is 5.67. The lowest BCUT2D eigenvalue weighted by Gasteiger charge is -2.28. The molecule has 0 amide bonds. The van der Waals surface area contributed by atoms with Gasteiger partial charge in [-0.05, 0) is 25.0 Å². The van der Waals surface area contributed by atoms with Gasteiger partial charge in [-0.2, -0.15) is 0 Å². The Balaban J connectivity index is 2.78. The first-order valence-electron chi connectivity index (χ1n) is 6.32. The van der Waals surface area contributed by atoms with E-state index in [4.69, 9.17) is 5.73 Å². The highest BCUT2D eigenvalue weighted by atomic mass is 15.1. The summed E-state index contributed by atoms with van der Waals surface area (Å²) in [5.41, 5.74) is 8.08. The molecule has 0 atom stereocenters. The van der Waals surface area contributed by atoms with Gasteiger partial charge >= 0.3 is 0 Å². The highest BCUT2D eigenvalue weighted by Gasteiger charge is 2.12. The first-order valence-corrected chi connectivity index (χ1v) is 6.32.